The highest BCUT2D eigenvalue weighted by Crippen LogP contribution is 2.28. The zero-order valence-electron chi connectivity index (χ0n) is 16.1. The van der Waals surface area contributed by atoms with E-state index in [4.69, 9.17) is 4.74 Å². The fourth-order valence-corrected chi connectivity index (χ4v) is 4.00. The van der Waals surface area contributed by atoms with Gasteiger partial charge in [-0.25, -0.2) is 4.79 Å². The number of para-hydroxylation sites is 1. The molecule has 0 saturated carbocycles. The molecule has 2 heterocycles. The monoisotopic (exact) mass is 378 g/mol. The van der Waals surface area contributed by atoms with E-state index in [0.717, 1.165) is 48.0 Å². The molecule has 146 valence electrons. The normalized spacial score (nSPS) is 16.7. The van der Waals surface area contributed by atoms with Crippen LogP contribution >= 0.6 is 0 Å². The molecule has 1 atom stereocenters. The van der Waals surface area contributed by atoms with E-state index >= 15 is 0 Å². The van der Waals surface area contributed by atoms with Crippen LogP contribution in [0.25, 0.3) is 10.9 Å². The van der Waals surface area contributed by atoms with E-state index in [1.165, 1.54) is 5.56 Å². The number of aryl methyl sites for hydroxylation is 1. The Morgan fingerprint density at radius 1 is 1.21 bits per heavy atom. The lowest BCUT2D eigenvalue weighted by molar-refractivity contribution is 0.0684. The Hall–Kier alpha value is -2.63. The molecule has 0 radical (unpaired) electrons. The van der Waals surface area contributed by atoms with Gasteiger partial charge in [-0.2, -0.15) is 0 Å². The molecular weight excluding hydrogens is 352 g/mol. The number of ether oxygens (including phenoxy) is 1. The Morgan fingerprint density at radius 3 is 2.71 bits per heavy atom. The first-order valence-electron chi connectivity index (χ1n) is 9.84. The number of nitrogens with zero attached hydrogens (tertiary/aromatic N) is 1. The van der Waals surface area contributed by atoms with E-state index in [-0.39, 0.29) is 6.10 Å². The van der Waals surface area contributed by atoms with Crippen molar-refractivity contribution < 1.29 is 14.6 Å². The van der Waals surface area contributed by atoms with E-state index in [2.05, 4.69) is 36.5 Å². The summed E-state index contributed by atoms with van der Waals surface area (Å²) < 4.78 is 7.59. The van der Waals surface area contributed by atoms with Gasteiger partial charge in [0, 0.05) is 42.7 Å². The quantitative estimate of drug-likeness (QED) is 0.653. The highest BCUT2D eigenvalue weighted by Gasteiger charge is 2.23. The van der Waals surface area contributed by atoms with Crippen LogP contribution in [0.3, 0.4) is 0 Å². The van der Waals surface area contributed by atoms with Crippen LogP contribution in [-0.4, -0.2) is 34.9 Å². The smallest absolute Gasteiger partial charge is 0.352 e. The van der Waals surface area contributed by atoms with Gasteiger partial charge in [0.1, 0.15) is 5.69 Å². The van der Waals surface area contributed by atoms with Gasteiger partial charge < -0.3 is 19.7 Å². The number of hydrogen-bond acceptors (Lipinski definition) is 3. The summed E-state index contributed by atoms with van der Waals surface area (Å²) in [5, 5.41) is 14.4. The molecule has 1 aliphatic rings. The molecule has 5 heteroatoms. The van der Waals surface area contributed by atoms with Crippen molar-refractivity contribution in [3.05, 3.63) is 70.9 Å². The van der Waals surface area contributed by atoms with Crippen LogP contribution in [0, 0.1) is 6.92 Å². The fourth-order valence-electron chi connectivity index (χ4n) is 4.00. The molecular formula is C23H26N2O3. The predicted molar refractivity (Wildman–Crippen MR) is 110 cm³/mol. The van der Waals surface area contributed by atoms with Crippen LogP contribution in [0.4, 0.5) is 0 Å². The third-order valence-corrected chi connectivity index (χ3v) is 5.44. The van der Waals surface area contributed by atoms with Gasteiger partial charge in [0.2, 0.25) is 0 Å². The second-order valence-corrected chi connectivity index (χ2v) is 7.49. The Bertz CT molecular complexity index is 969. The minimum Gasteiger partial charge on any atom is -0.477 e. The third-order valence-electron chi connectivity index (χ3n) is 5.44. The minimum atomic E-state index is -0.891. The predicted octanol–water partition coefficient (Wildman–Crippen LogP) is 3.96. The molecule has 0 aliphatic carbocycles. The molecule has 0 bridgehead atoms. The largest absolute Gasteiger partial charge is 0.477 e. The number of rotatable bonds is 7. The van der Waals surface area contributed by atoms with Gasteiger partial charge >= 0.3 is 5.97 Å². The van der Waals surface area contributed by atoms with Crippen LogP contribution in [0.15, 0.2) is 48.5 Å². The number of carboxylic acids is 1. The first kappa shape index (κ1) is 18.7. The molecule has 1 saturated heterocycles. The average molecular weight is 378 g/mol. The molecule has 28 heavy (non-hydrogen) atoms. The SMILES string of the molecule is Cc1ccc(Cn2c(C(=O)O)c(CNC[C@@H]3CCCO3)c3ccccc32)cc1. The molecule has 2 aromatic carbocycles. The number of nitrogens with one attached hydrogen (secondary N) is 1. The summed E-state index contributed by atoms with van der Waals surface area (Å²) in [7, 11) is 0. The molecule has 3 aromatic rings. The second kappa shape index (κ2) is 8.17. The fraction of sp³-hybridized carbons (Fsp3) is 0.348. The van der Waals surface area contributed by atoms with Gasteiger partial charge in [0.15, 0.2) is 0 Å². The molecule has 0 amide bonds. The molecule has 1 aromatic heterocycles. The molecule has 5 nitrogen and oxygen atoms in total. The van der Waals surface area contributed by atoms with E-state index in [1.807, 2.05) is 28.8 Å². The summed E-state index contributed by atoms with van der Waals surface area (Å²) >= 11 is 0. The lowest BCUT2D eigenvalue weighted by Crippen LogP contribution is -2.26. The Kier molecular flexibility index (Phi) is 5.46. The van der Waals surface area contributed by atoms with Crippen LogP contribution in [0.2, 0.25) is 0 Å². The van der Waals surface area contributed by atoms with E-state index < -0.39 is 5.97 Å². The zero-order valence-corrected chi connectivity index (χ0v) is 16.1. The van der Waals surface area contributed by atoms with E-state index in [9.17, 15) is 9.90 Å². The highest BCUT2D eigenvalue weighted by atomic mass is 16.5. The summed E-state index contributed by atoms with van der Waals surface area (Å²) in [6, 6.07) is 16.2. The van der Waals surface area contributed by atoms with E-state index in [0.29, 0.717) is 18.8 Å². The van der Waals surface area contributed by atoms with Crippen molar-refractivity contribution in [3.8, 4) is 0 Å². The maximum absolute atomic E-state index is 12.2. The summed E-state index contributed by atoms with van der Waals surface area (Å²) in [5.41, 5.74) is 4.44. The van der Waals surface area contributed by atoms with Crippen molar-refractivity contribution in [2.45, 2.75) is 39.0 Å². The number of aromatic nitrogens is 1. The van der Waals surface area contributed by atoms with Crippen molar-refractivity contribution in [1.82, 2.24) is 9.88 Å². The Labute approximate surface area is 164 Å². The van der Waals surface area contributed by atoms with Crippen molar-refractivity contribution in [2.24, 2.45) is 0 Å². The van der Waals surface area contributed by atoms with Crippen LogP contribution in [0.5, 0.6) is 0 Å². The summed E-state index contributed by atoms with van der Waals surface area (Å²) in [6.07, 6.45) is 2.39. The van der Waals surface area contributed by atoms with Gasteiger partial charge in [-0.3, -0.25) is 0 Å². The maximum atomic E-state index is 12.2. The summed E-state index contributed by atoms with van der Waals surface area (Å²) in [6.45, 7) is 4.67. The molecule has 1 fully saturated rings. The number of carboxylic acid groups (broad SMARTS) is 1. The zero-order chi connectivity index (χ0) is 19.5. The first-order valence-corrected chi connectivity index (χ1v) is 9.84. The topological polar surface area (TPSA) is 63.5 Å². The first-order chi connectivity index (χ1) is 13.6. The number of hydrogen-bond donors (Lipinski definition) is 2. The van der Waals surface area contributed by atoms with Crippen molar-refractivity contribution >= 4 is 16.9 Å². The maximum Gasteiger partial charge on any atom is 0.352 e. The van der Waals surface area contributed by atoms with E-state index in [1.54, 1.807) is 0 Å². The lowest BCUT2D eigenvalue weighted by atomic mass is 10.1. The van der Waals surface area contributed by atoms with Gasteiger partial charge in [-0.15, -0.1) is 0 Å². The molecule has 0 unspecified atom stereocenters. The van der Waals surface area contributed by atoms with Crippen molar-refractivity contribution in [2.75, 3.05) is 13.2 Å². The number of benzene rings is 2. The Morgan fingerprint density at radius 2 is 2.00 bits per heavy atom. The summed E-state index contributed by atoms with van der Waals surface area (Å²) in [5.74, 6) is -0.891. The average Bonchev–Trinajstić information content (AvgIpc) is 3.31. The lowest BCUT2D eigenvalue weighted by Gasteiger charge is -2.12. The number of carbonyl (C=O) groups is 1. The van der Waals surface area contributed by atoms with Crippen molar-refractivity contribution in [1.29, 1.82) is 0 Å². The number of aromatic carboxylic acids is 1. The number of fused-ring (bicyclic) bond motifs is 1. The third kappa shape index (κ3) is 3.81. The highest BCUT2D eigenvalue weighted by molar-refractivity contribution is 5.98. The van der Waals surface area contributed by atoms with Crippen LogP contribution in [-0.2, 0) is 17.8 Å². The van der Waals surface area contributed by atoms with Crippen molar-refractivity contribution in [3.63, 3.8) is 0 Å². The van der Waals surface area contributed by atoms with Gasteiger partial charge in [-0.1, -0.05) is 48.0 Å². The van der Waals surface area contributed by atoms with Gasteiger partial charge in [0.05, 0.1) is 6.10 Å². The van der Waals surface area contributed by atoms with Gasteiger partial charge in [0.25, 0.3) is 0 Å². The van der Waals surface area contributed by atoms with Crippen LogP contribution < -0.4 is 5.32 Å². The minimum absolute atomic E-state index is 0.231. The molecule has 1 aliphatic heterocycles. The van der Waals surface area contributed by atoms with Crippen LogP contribution in [0.1, 0.15) is 40.0 Å². The summed E-state index contributed by atoms with van der Waals surface area (Å²) in [4.78, 5) is 12.2. The Balaban J connectivity index is 1.68. The molecule has 2 N–H and O–H groups in total. The molecule has 0 spiro atoms. The second-order valence-electron chi connectivity index (χ2n) is 7.49. The standard InChI is InChI=1S/C23H26N2O3/c1-16-8-10-17(11-9-16)15-25-21-7-3-2-6-19(21)20(22(25)23(26)27)14-24-13-18-5-4-12-28-18/h2-3,6-11,18,24H,4-5,12-15H2,1H3,(H,26,27)/t18-/m0/s1. The molecule has 4 rings (SSSR count). The van der Waals surface area contributed by atoms with Gasteiger partial charge in [-0.05, 0) is 31.4 Å².